The zero-order valence-electron chi connectivity index (χ0n) is 12.7. The van der Waals surface area contributed by atoms with E-state index in [1.165, 1.54) is 0 Å². The van der Waals surface area contributed by atoms with E-state index in [0.717, 1.165) is 22.6 Å². The van der Waals surface area contributed by atoms with Crippen molar-refractivity contribution in [3.8, 4) is 11.5 Å². The van der Waals surface area contributed by atoms with Crippen molar-refractivity contribution in [3.63, 3.8) is 0 Å². The number of para-hydroxylation sites is 1. The van der Waals surface area contributed by atoms with Crippen LogP contribution in [-0.4, -0.2) is 18.3 Å². The highest BCUT2D eigenvalue weighted by Crippen LogP contribution is 2.26. The van der Waals surface area contributed by atoms with Crippen LogP contribution in [0.25, 0.3) is 0 Å². The third-order valence-corrected chi connectivity index (χ3v) is 3.22. The Balaban J connectivity index is 2.14. The minimum atomic E-state index is -0.586. The number of aliphatic hydroxyl groups excluding tert-OH is 1. The second-order valence-electron chi connectivity index (χ2n) is 5.27. The number of aliphatic hydroxyl groups is 1. The lowest BCUT2D eigenvalue weighted by Gasteiger charge is -2.16. The van der Waals surface area contributed by atoms with Crippen molar-refractivity contribution in [3.05, 3.63) is 59.7 Å². The standard InChI is InChI=1S/C18H22O3/c1-13(2)21-16-9-6-8-14(11-16)17(19)12-15-7-4-5-10-18(15)20-3/h4-11,13,17,19H,12H2,1-3H3. The number of hydrogen-bond donors (Lipinski definition) is 1. The third kappa shape index (κ3) is 4.23. The topological polar surface area (TPSA) is 38.7 Å². The molecule has 2 rings (SSSR count). The summed E-state index contributed by atoms with van der Waals surface area (Å²) in [4.78, 5) is 0. The predicted octanol–water partition coefficient (Wildman–Crippen LogP) is 3.76. The fourth-order valence-corrected chi connectivity index (χ4v) is 2.27. The Morgan fingerprint density at radius 1 is 1.05 bits per heavy atom. The number of rotatable bonds is 6. The smallest absolute Gasteiger partial charge is 0.122 e. The Morgan fingerprint density at radius 3 is 2.52 bits per heavy atom. The summed E-state index contributed by atoms with van der Waals surface area (Å²) in [5, 5.41) is 10.4. The molecule has 1 unspecified atom stereocenters. The van der Waals surface area contributed by atoms with E-state index < -0.39 is 6.10 Å². The average Bonchev–Trinajstić information content (AvgIpc) is 2.47. The SMILES string of the molecule is COc1ccccc1CC(O)c1cccc(OC(C)C)c1. The van der Waals surface area contributed by atoms with Crippen molar-refractivity contribution in [2.75, 3.05) is 7.11 Å². The number of methoxy groups -OCH3 is 1. The molecule has 0 saturated heterocycles. The number of benzene rings is 2. The van der Waals surface area contributed by atoms with Gasteiger partial charge >= 0.3 is 0 Å². The summed E-state index contributed by atoms with van der Waals surface area (Å²) in [7, 11) is 1.64. The van der Waals surface area contributed by atoms with Crippen LogP contribution in [0.4, 0.5) is 0 Å². The predicted molar refractivity (Wildman–Crippen MR) is 83.9 cm³/mol. The van der Waals surface area contributed by atoms with Gasteiger partial charge in [0.15, 0.2) is 0 Å². The van der Waals surface area contributed by atoms with Crippen molar-refractivity contribution < 1.29 is 14.6 Å². The minimum Gasteiger partial charge on any atom is -0.496 e. The molecule has 2 aromatic rings. The molecular weight excluding hydrogens is 264 g/mol. The van der Waals surface area contributed by atoms with Crippen LogP contribution in [0.2, 0.25) is 0 Å². The van der Waals surface area contributed by atoms with Crippen LogP contribution < -0.4 is 9.47 Å². The molecule has 0 aromatic heterocycles. The van der Waals surface area contributed by atoms with E-state index >= 15 is 0 Å². The molecule has 0 saturated carbocycles. The van der Waals surface area contributed by atoms with Crippen LogP contribution in [-0.2, 0) is 6.42 Å². The maximum Gasteiger partial charge on any atom is 0.122 e. The van der Waals surface area contributed by atoms with Gasteiger partial charge in [-0.25, -0.2) is 0 Å². The van der Waals surface area contributed by atoms with Gasteiger partial charge in [0.05, 0.1) is 19.3 Å². The third-order valence-electron chi connectivity index (χ3n) is 3.22. The van der Waals surface area contributed by atoms with Gasteiger partial charge in [0.2, 0.25) is 0 Å². The molecule has 1 atom stereocenters. The van der Waals surface area contributed by atoms with Gasteiger partial charge in [0.1, 0.15) is 11.5 Å². The van der Waals surface area contributed by atoms with E-state index in [-0.39, 0.29) is 6.10 Å². The lowest BCUT2D eigenvalue weighted by Crippen LogP contribution is -2.07. The summed E-state index contributed by atoms with van der Waals surface area (Å²) in [5.74, 6) is 1.58. The van der Waals surface area contributed by atoms with Crippen molar-refractivity contribution >= 4 is 0 Å². The van der Waals surface area contributed by atoms with E-state index in [1.54, 1.807) is 7.11 Å². The molecule has 3 heteroatoms. The molecule has 0 spiro atoms. The molecule has 2 aromatic carbocycles. The van der Waals surface area contributed by atoms with Crippen LogP contribution in [0.3, 0.4) is 0 Å². The fourth-order valence-electron chi connectivity index (χ4n) is 2.27. The van der Waals surface area contributed by atoms with E-state index in [4.69, 9.17) is 9.47 Å². The summed E-state index contributed by atoms with van der Waals surface area (Å²) in [6.07, 6.45) is 0.0402. The first kappa shape index (κ1) is 15.4. The molecular formula is C18H22O3. The highest BCUT2D eigenvalue weighted by molar-refractivity contribution is 5.36. The first-order chi connectivity index (χ1) is 10.1. The second kappa shape index (κ2) is 7.14. The largest absolute Gasteiger partial charge is 0.496 e. The van der Waals surface area contributed by atoms with E-state index in [2.05, 4.69) is 0 Å². The van der Waals surface area contributed by atoms with Gasteiger partial charge in [-0.15, -0.1) is 0 Å². The van der Waals surface area contributed by atoms with Gasteiger partial charge in [-0.3, -0.25) is 0 Å². The molecule has 0 fully saturated rings. The Labute approximate surface area is 126 Å². The zero-order valence-corrected chi connectivity index (χ0v) is 12.7. The number of ether oxygens (including phenoxy) is 2. The van der Waals surface area contributed by atoms with Crippen molar-refractivity contribution in [1.29, 1.82) is 0 Å². The monoisotopic (exact) mass is 286 g/mol. The molecule has 0 amide bonds. The maximum absolute atomic E-state index is 10.4. The lowest BCUT2D eigenvalue weighted by atomic mass is 10.0. The first-order valence-electron chi connectivity index (χ1n) is 7.16. The molecule has 0 aliphatic carbocycles. The molecule has 0 aliphatic heterocycles. The summed E-state index contributed by atoms with van der Waals surface area (Å²) < 4.78 is 11.0. The van der Waals surface area contributed by atoms with Crippen LogP contribution >= 0.6 is 0 Å². The van der Waals surface area contributed by atoms with Crippen LogP contribution in [0.15, 0.2) is 48.5 Å². The van der Waals surface area contributed by atoms with E-state index in [9.17, 15) is 5.11 Å². The van der Waals surface area contributed by atoms with E-state index in [1.807, 2.05) is 62.4 Å². The van der Waals surface area contributed by atoms with Crippen molar-refractivity contribution in [2.45, 2.75) is 32.5 Å². The Hall–Kier alpha value is -2.00. The van der Waals surface area contributed by atoms with Crippen LogP contribution in [0.1, 0.15) is 31.1 Å². The van der Waals surface area contributed by atoms with Crippen LogP contribution in [0, 0.1) is 0 Å². The maximum atomic E-state index is 10.4. The Kier molecular flexibility index (Phi) is 5.23. The Bertz CT molecular complexity index is 578. The molecule has 112 valence electrons. The molecule has 3 nitrogen and oxygen atoms in total. The van der Waals surface area contributed by atoms with Gasteiger partial charge in [0, 0.05) is 6.42 Å². The molecule has 0 bridgehead atoms. The molecule has 0 radical (unpaired) electrons. The van der Waals surface area contributed by atoms with Crippen LogP contribution in [0.5, 0.6) is 11.5 Å². The first-order valence-corrected chi connectivity index (χ1v) is 7.16. The summed E-state index contributed by atoms with van der Waals surface area (Å²) in [6.45, 7) is 3.97. The summed E-state index contributed by atoms with van der Waals surface area (Å²) in [5.41, 5.74) is 1.83. The lowest BCUT2D eigenvalue weighted by molar-refractivity contribution is 0.176. The molecule has 0 heterocycles. The van der Waals surface area contributed by atoms with Gasteiger partial charge in [-0.2, -0.15) is 0 Å². The van der Waals surface area contributed by atoms with Crippen molar-refractivity contribution in [1.82, 2.24) is 0 Å². The minimum absolute atomic E-state index is 0.117. The molecule has 1 N–H and O–H groups in total. The average molecular weight is 286 g/mol. The zero-order chi connectivity index (χ0) is 15.2. The summed E-state index contributed by atoms with van der Waals surface area (Å²) >= 11 is 0. The van der Waals surface area contributed by atoms with Gasteiger partial charge in [0.25, 0.3) is 0 Å². The quantitative estimate of drug-likeness (QED) is 0.878. The van der Waals surface area contributed by atoms with Gasteiger partial charge < -0.3 is 14.6 Å². The fraction of sp³-hybridized carbons (Fsp3) is 0.333. The number of hydrogen-bond acceptors (Lipinski definition) is 3. The highest BCUT2D eigenvalue weighted by atomic mass is 16.5. The Morgan fingerprint density at radius 2 is 1.81 bits per heavy atom. The van der Waals surface area contributed by atoms with Gasteiger partial charge in [-0.1, -0.05) is 30.3 Å². The molecule has 21 heavy (non-hydrogen) atoms. The molecule has 0 aliphatic rings. The normalized spacial score (nSPS) is 12.2. The summed E-state index contributed by atoms with van der Waals surface area (Å²) in [6, 6.07) is 15.3. The second-order valence-corrected chi connectivity index (χ2v) is 5.27. The highest BCUT2D eigenvalue weighted by Gasteiger charge is 2.12. The van der Waals surface area contributed by atoms with Crippen molar-refractivity contribution in [2.24, 2.45) is 0 Å². The van der Waals surface area contributed by atoms with Gasteiger partial charge in [-0.05, 0) is 43.2 Å². The van der Waals surface area contributed by atoms with E-state index in [0.29, 0.717) is 6.42 Å².